The van der Waals surface area contributed by atoms with Crippen LogP contribution in [0.3, 0.4) is 0 Å². The van der Waals surface area contributed by atoms with Crippen molar-refractivity contribution in [3.63, 3.8) is 0 Å². The van der Waals surface area contributed by atoms with Crippen LogP contribution in [0.2, 0.25) is 0 Å². The van der Waals surface area contributed by atoms with Crippen molar-refractivity contribution in [2.75, 3.05) is 25.4 Å². The van der Waals surface area contributed by atoms with Gasteiger partial charge in [-0.1, -0.05) is 11.3 Å². The molecule has 0 saturated carbocycles. The Morgan fingerprint density at radius 2 is 2.20 bits per heavy atom. The Morgan fingerprint density at radius 3 is 2.85 bits per heavy atom. The quantitative estimate of drug-likeness (QED) is 0.785. The smallest absolute Gasteiger partial charge is 0.220 e. The number of amides is 1. The van der Waals surface area contributed by atoms with Gasteiger partial charge >= 0.3 is 0 Å². The fraction of sp³-hybridized carbons (Fsp3) is 0.769. The Bertz CT molecular complexity index is 430. The Labute approximate surface area is 123 Å². The molecule has 0 aliphatic carbocycles. The van der Waals surface area contributed by atoms with Crippen LogP contribution < -0.4 is 11.1 Å². The maximum absolute atomic E-state index is 11.8. The van der Waals surface area contributed by atoms with Gasteiger partial charge in [0, 0.05) is 25.4 Å². The van der Waals surface area contributed by atoms with Crippen LogP contribution in [-0.2, 0) is 11.2 Å². The minimum Gasteiger partial charge on any atom is -0.374 e. The van der Waals surface area contributed by atoms with Crippen LogP contribution in [0.25, 0.3) is 0 Å². The zero-order valence-corrected chi connectivity index (χ0v) is 12.8. The molecule has 7 heteroatoms. The Hall–Kier alpha value is -1.21. The third-order valence-electron chi connectivity index (χ3n) is 3.70. The first-order valence-corrected chi connectivity index (χ1v) is 8.05. The average Bonchev–Trinajstić information content (AvgIpc) is 3.07. The molecule has 1 atom stereocenters. The molecule has 2 heterocycles. The van der Waals surface area contributed by atoms with E-state index in [4.69, 9.17) is 5.73 Å². The number of carbonyl (C=O) groups excluding carboxylic acids is 1. The van der Waals surface area contributed by atoms with Gasteiger partial charge in [-0.3, -0.25) is 4.79 Å². The van der Waals surface area contributed by atoms with E-state index in [0.29, 0.717) is 30.6 Å². The fourth-order valence-corrected chi connectivity index (χ4v) is 3.08. The summed E-state index contributed by atoms with van der Waals surface area (Å²) in [7, 11) is 0. The highest BCUT2D eigenvalue weighted by molar-refractivity contribution is 7.15. The molecule has 1 saturated heterocycles. The third-order valence-corrected chi connectivity index (χ3v) is 4.51. The molecule has 3 N–H and O–H groups in total. The summed E-state index contributed by atoms with van der Waals surface area (Å²) in [4.78, 5) is 14.2. The number of likely N-dealkylation sites (tertiary alicyclic amines) is 1. The lowest BCUT2D eigenvalue weighted by Crippen LogP contribution is -2.32. The lowest BCUT2D eigenvalue weighted by molar-refractivity contribution is -0.121. The first-order valence-electron chi connectivity index (χ1n) is 7.24. The van der Waals surface area contributed by atoms with Gasteiger partial charge in [-0.2, -0.15) is 0 Å². The lowest BCUT2D eigenvalue weighted by Gasteiger charge is -2.23. The molecule has 112 valence electrons. The second-order valence-electron chi connectivity index (χ2n) is 5.26. The van der Waals surface area contributed by atoms with Crippen molar-refractivity contribution in [2.24, 2.45) is 0 Å². The molecule has 1 aromatic rings. The summed E-state index contributed by atoms with van der Waals surface area (Å²) in [5, 5.41) is 11.9. The zero-order valence-electron chi connectivity index (χ0n) is 12.0. The van der Waals surface area contributed by atoms with E-state index in [1.54, 1.807) is 0 Å². The number of hydrogen-bond acceptors (Lipinski definition) is 6. The van der Waals surface area contributed by atoms with E-state index in [-0.39, 0.29) is 5.91 Å². The predicted octanol–water partition coefficient (Wildman–Crippen LogP) is 1.04. The van der Waals surface area contributed by atoms with Gasteiger partial charge in [0.15, 0.2) is 0 Å². The number of anilines is 1. The first kappa shape index (κ1) is 15.2. The summed E-state index contributed by atoms with van der Waals surface area (Å²) in [5.41, 5.74) is 5.50. The van der Waals surface area contributed by atoms with E-state index in [1.165, 1.54) is 37.3 Å². The van der Waals surface area contributed by atoms with Crippen LogP contribution >= 0.6 is 11.3 Å². The van der Waals surface area contributed by atoms with Crippen molar-refractivity contribution < 1.29 is 4.79 Å². The summed E-state index contributed by atoms with van der Waals surface area (Å²) >= 11 is 1.37. The molecule has 2 rings (SSSR count). The summed E-state index contributed by atoms with van der Waals surface area (Å²) in [6, 6.07) is 0.506. The molecule has 1 aliphatic rings. The molecule has 0 bridgehead atoms. The Balaban J connectivity index is 1.58. The molecule has 0 unspecified atom stereocenters. The molecule has 0 aromatic carbocycles. The van der Waals surface area contributed by atoms with Crippen LogP contribution in [-0.4, -0.2) is 46.7 Å². The summed E-state index contributed by atoms with van der Waals surface area (Å²) < 4.78 is 0. The van der Waals surface area contributed by atoms with Crippen molar-refractivity contribution in [2.45, 2.75) is 45.1 Å². The fourth-order valence-electron chi connectivity index (χ4n) is 2.47. The minimum absolute atomic E-state index is 0.119. The SMILES string of the molecule is C[C@@H](CCC(=O)NCCc1nnc(N)s1)N1CCCC1. The van der Waals surface area contributed by atoms with Gasteiger partial charge in [0.25, 0.3) is 0 Å². The number of aromatic nitrogens is 2. The number of nitrogens with two attached hydrogens (primary N) is 1. The van der Waals surface area contributed by atoms with Crippen molar-refractivity contribution >= 4 is 22.4 Å². The Kier molecular flexibility index (Phi) is 5.72. The van der Waals surface area contributed by atoms with Gasteiger partial charge < -0.3 is 16.0 Å². The molecule has 0 spiro atoms. The van der Waals surface area contributed by atoms with E-state index in [9.17, 15) is 4.79 Å². The van der Waals surface area contributed by atoms with Crippen LogP contribution in [0.15, 0.2) is 0 Å². The highest BCUT2D eigenvalue weighted by Crippen LogP contribution is 2.15. The van der Waals surface area contributed by atoms with E-state index in [0.717, 1.165) is 11.4 Å². The molecule has 0 radical (unpaired) electrons. The topological polar surface area (TPSA) is 84.1 Å². The summed E-state index contributed by atoms with van der Waals surface area (Å²) in [6.45, 7) is 5.18. The molecule has 20 heavy (non-hydrogen) atoms. The molecular weight excluding hydrogens is 274 g/mol. The number of rotatable bonds is 7. The molecule has 1 aliphatic heterocycles. The van der Waals surface area contributed by atoms with Gasteiger partial charge in [0.2, 0.25) is 11.0 Å². The van der Waals surface area contributed by atoms with Crippen molar-refractivity contribution in [3.8, 4) is 0 Å². The highest BCUT2D eigenvalue weighted by Gasteiger charge is 2.18. The first-order chi connectivity index (χ1) is 9.65. The van der Waals surface area contributed by atoms with Crippen LogP contribution in [0, 0.1) is 0 Å². The highest BCUT2D eigenvalue weighted by atomic mass is 32.1. The monoisotopic (exact) mass is 297 g/mol. The molecular formula is C13H23N5OS. The van der Waals surface area contributed by atoms with Gasteiger partial charge in [-0.05, 0) is 39.3 Å². The van der Waals surface area contributed by atoms with Crippen molar-refractivity contribution in [3.05, 3.63) is 5.01 Å². The van der Waals surface area contributed by atoms with Gasteiger partial charge in [0.05, 0.1) is 0 Å². The second kappa shape index (κ2) is 7.54. The molecule has 1 amide bonds. The van der Waals surface area contributed by atoms with Gasteiger partial charge in [-0.15, -0.1) is 10.2 Å². The van der Waals surface area contributed by atoms with E-state index < -0.39 is 0 Å². The van der Waals surface area contributed by atoms with Gasteiger partial charge in [-0.25, -0.2) is 0 Å². The zero-order chi connectivity index (χ0) is 14.4. The van der Waals surface area contributed by atoms with Crippen LogP contribution in [0.4, 0.5) is 5.13 Å². The minimum atomic E-state index is 0.119. The molecule has 1 aromatic heterocycles. The lowest BCUT2D eigenvalue weighted by atomic mass is 10.1. The van der Waals surface area contributed by atoms with Crippen molar-refractivity contribution in [1.82, 2.24) is 20.4 Å². The summed E-state index contributed by atoms with van der Waals surface area (Å²) in [5.74, 6) is 0.119. The number of carbonyl (C=O) groups is 1. The average molecular weight is 297 g/mol. The van der Waals surface area contributed by atoms with Crippen LogP contribution in [0.1, 0.15) is 37.6 Å². The van der Waals surface area contributed by atoms with Crippen molar-refractivity contribution in [1.29, 1.82) is 0 Å². The number of nitrogens with zero attached hydrogens (tertiary/aromatic N) is 3. The number of hydrogen-bond donors (Lipinski definition) is 2. The van der Waals surface area contributed by atoms with Gasteiger partial charge in [0.1, 0.15) is 5.01 Å². The maximum atomic E-state index is 11.8. The Morgan fingerprint density at radius 1 is 1.45 bits per heavy atom. The number of nitrogen functional groups attached to an aromatic ring is 1. The van der Waals surface area contributed by atoms with E-state index >= 15 is 0 Å². The second-order valence-corrected chi connectivity index (χ2v) is 6.36. The maximum Gasteiger partial charge on any atom is 0.220 e. The number of nitrogens with one attached hydrogen (secondary N) is 1. The standard InChI is InChI=1S/C13H23N5OS/c1-10(18-8-2-3-9-18)4-5-11(19)15-7-6-12-16-17-13(14)20-12/h10H,2-9H2,1H3,(H2,14,17)(H,15,19)/t10-/m0/s1. The van der Waals surface area contributed by atoms with E-state index in [2.05, 4.69) is 27.3 Å². The molecule has 1 fully saturated rings. The van der Waals surface area contributed by atoms with Crippen LogP contribution in [0.5, 0.6) is 0 Å². The normalized spacial score (nSPS) is 17.2. The third kappa shape index (κ3) is 4.72. The predicted molar refractivity (Wildman–Crippen MR) is 80.5 cm³/mol. The summed E-state index contributed by atoms with van der Waals surface area (Å²) in [6.07, 6.45) is 4.80. The van der Waals surface area contributed by atoms with E-state index in [1.807, 2.05) is 0 Å². The largest absolute Gasteiger partial charge is 0.374 e. The molecule has 6 nitrogen and oxygen atoms in total.